The molecule has 170 valence electrons. The van der Waals surface area contributed by atoms with Crippen LogP contribution in [0.25, 0.3) is 0 Å². The Morgan fingerprint density at radius 2 is 1.81 bits per heavy atom. The molecule has 1 aromatic carbocycles. The fourth-order valence-corrected chi connectivity index (χ4v) is 4.67. The number of carbonyl (C=O) groups excluding carboxylic acids is 1. The minimum absolute atomic E-state index is 0.0760. The predicted octanol–water partition coefficient (Wildman–Crippen LogP) is 5.35. The summed E-state index contributed by atoms with van der Waals surface area (Å²) in [6.45, 7) is 11.5. The molecule has 0 radical (unpaired) electrons. The van der Waals surface area contributed by atoms with Gasteiger partial charge in [0.05, 0.1) is 5.75 Å². The van der Waals surface area contributed by atoms with Crippen molar-refractivity contribution in [1.29, 1.82) is 0 Å². The van der Waals surface area contributed by atoms with Crippen molar-refractivity contribution in [2.45, 2.75) is 90.1 Å². The average Bonchev–Trinajstić information content (AvgIpc) is 3.36. The van der Waals surface area contributed by atoms with Gasteiger partial charge in [0.2, 0.25) is 5.91 Å². The highest BCUT2D eigenvalue weighted by atomic mass is 32.2. The molecule has 1 N–H and O–H groups in total. The van der Waals surface area contributed by atoms with Gasteiger partial charge in [0.1, 0.15) is 5.75 Å². The van der Waals surface area contributed by atoms with Crippen molar-refractivity contribution in [3.05, 3.63) is 35.7 Å². The van der Waals surface area contributed by atoms with Crippen molar-refractivity contribution in [2.24, 2.45) is 5.92 Å². The molecule has 1 aromatic heterocycles. The van der Waals surface area contributed by atoms with Crippen LogP contribution in [0, 0.1) is 5.92 Å². The number of ether oxygens (including phenoxy) is 1. The minimum atomic E-state index is -0.238. The van der Waals surface area contributed by atoms with Crippen LogP contribution in [0.3, 0.4) is 0 Å². The molecule has 1 aliphatic rings. The molecule has 2 aromatic rings. The number of rotatable bonds is 10. The van der Waals surface area contributed by atoms with Crippen LogP contribution in [-0.2, 0) is 11.3 Å². The Balaban J connectivity index is 1.66. The van der Waals surface area contributed by atoms with Gasteiger partial charge in [-0.05, 0) is 49.3 Å². The van der Waals surface area contributed by atoms with Gasteiger partial charge in [-0.25, -0.2) is 0 Å². The Kier molecular flexibility index (Phi) is 8.41. The van der Waals surface area contributed by atoms with Crippen molar-refractivity contribution in [3.8, 4) is 5.75 Å². The molecule has 6 nitrogen and oxygen atoms in total. The average molecular weight is 445 g/mol. The van der Waals surface area contributed by atoms with E-state index in [9.17, 15) is 4.79 Å². The number of nitrogens with one attached hydrogen (secondary N) is 1. The molecule has 1 heterocycles. The van der Waals surface area contributed by atoms with Crippen molar-refractivity contribution in [1.82, 2.24) is 20.1 Å². The molecule has 1 fully saturated rings. The molecule has 7 heteroatoms. The molecule has 0 aliphatic heterocycles. The third-order valence-corrected chi connectivity index (χ3v) is 6.54. The van der Waals surface area contributed by atoms with Crippen molar-refractivity contribution < 1.29 is 9.53 Å². The SMILES string of the molecule is CC(C)Cn1c(SCC(=O)NC2CCCC2)nnc1C(C)Oc1ccc(C(C)C)cc1. The zero-order chi connectivity index (χ0) is 22.4. The smallest absolute Gasteiger partial charge is 0.230 e. The maximum Gasteiger partial charge on any atom is 0.230 e. The monoisotopic (exact) mass is 444 g/mol. The first-order chi connectivity index (χ1) is 14.8. The van der Waals surface area contributed by atoms with E-state index in [2.05, 4.69) is 59.9 Å². The number of benzene rings is 1. The molecular weight excluding hydrogens is 408 g/mol. The molecular formula is C24H36N4O2S. The molecule has 1 amide bonds. The normalized spacial score (nSPS) is 15.6. The minimum Gasteiger partial charge on any atom is -0.483 e. The quantitative estimate of drug-likeness (QED) is 0.500. The number of carbonyl (C=O) groups is 1. The summed E-state index contributed by atoms with van der Waals surface area (Å²) in [5.74, 6) is 2.97. The molecule has 1 aliphatic carbocycles. The summed E-state index contributed by atoms with van der Waals surface area (Å²) < 4.78 is 8.28. The Morgan fingerprint density at radius 3 is 2.42 bits per heavy atom. The van der Waals surface area contributed by atoms with Gasteiger partial charge in [0.15, 0.2) is 17.1 Å². The molecule has 0 saturated heterocycles. The van der Waals surface area contributed by atoms with Crippen LogP contribution in [0.1, 0.15) is 83.7 Å². The molecule has 31 heavy (non-hydrogen) atoms. The second-order valence-corrected chi connectivity index (χ2v) is 10.1. The van der Waals surface area contributed by atoms with Gasteiger partial charge in [0, 0.05) is 12.6 Å². The summed E-state index contributed by atoms with van der Waals surface area (Å²) in [6, 6.07) is 8.58. The lowest BCUT2D eigenvalue weighted by Gasteiger charge is -2.18. The van der Waals surface area contributed by atoms with Crippen LogP contribution in [0.2, 0.25) is 0 Å². The van der Waals surface area contributed by atoms with Gasteiger partial charge < -0.3 is 14.6 Å². The number of nitrogens with zero attached hydrogens (tertiary/aromatic N) is 3. The Morgan fingerprint density at radius 1 is 1.13 bits per heavy atom. The van der Waals surface area contributed by atoms with Gasteiger partial charge in [-0.1, -0.05) is 64.4 Å². The highest BCUT2D eigenvalue weighted by Gasteiger charge is 2.22. The van der Waals surface area contributed by atoms with Crippen molar-refractivity contribution in [2.75, 3.05) is 5.75 Å². The predicted molar refractivity (Wildman–Crippen MR) is 126 cm³/mol. The summed E-state index contributed by atoms with van der Waals surface area (Å²) >= 11 is 1.45. The van der Waals surface area contributed by atoms with Crippen LogP contribution >= 0.6 is 11.8 Å². The standard InChI is InChI=1S/C24H36N4O2S/c1-16(2)14-28-23(18(5)30-21-12-10-19(11-13-21)17(3)4)26-27-24(28)31-15-22(29)25-20-8-6-7-9-20/h10-13,16-18,20H,6-9,14-15H2,1-5H3,(H,25,29). The molecule has 3 rings (SSSR count). The third kappa shape index (κ3) is 6.73. The summed E-state index contributed by atoms with van der Waals surface area (Å²) in [6.07, 6.45) is 4.37. The molecule has 1 unspecified atom stereocenters. The van der Waals surface area contributed by atoms with E-state index in [0.29, 0.717) is 23.6 Å². The number of amides is 1. The van der Waals surface area contributed by atoms with E-state index in [1.807, 2.05) is 19.1 Å². The zero-order valence-corrected chi connectivity index (χ0v) is 20.2. The zero-order valence-electron chi connectivity index (χ0n) is 19.4. The van der Waals surface area contributed by atoms with E-state index in [1.165, 1.54) is 30.2 Å². The van der Waals surface area contributed by atoms with Crippen LogP contribution in [0.15, 0.2) is 29.4 Å². The van der Waals surface area contributed by atoms with Gasteiger partial charge in [-0.3, -0.25) is 4.79 Å². The molecule has 0 spiro atoms. The number of hydrogen-bond donors (Lipinski definition) is 1. The van der Waals surface area contributed by atoms with Gasteiger partial charge in [-0.2, -0.15) is 0 Å². The fraction of sp³-hybridized carbons (Fsp3) is 0.625. The van der Waals surface area contributed by atoms with E-state index in [4.69, 9.17) is 4.74 Å². The van der Waals surface area contributed by atoms with Crippen LogP contribution in [0.4, 0.5) is 0 Å². The largest absolute Gasteiger partial charge is 0.483 e. The van der Waals surface area contributed by atoms with Crippen molar-refractivity contribution in [3.63, 3.8) is 0 Å². The highest BCUT2D eigenvalue weighted by molar-refractivity contribution is 7.99. The number of aromatic nitrogens is 3. The Bertz CT molecular complexity index is 842. The molecule has 0 bridgehead atoms. The second-order valence-electron chi connectivity index (χ2n) is 9.17. The van der Waals surface area contributed by atoms with E-state index >= 15 is 0 Å². The first-order valence-electron chi connectivity index (χ1n) is 11.4. The van der Waals surface area contributed by atoms with E-state index in [1.54, 1.807) is 0 Å². The summed E-state index contributed by atoms with van der Waals surface area (Å²) in [7, 11) is 0. The van der Waals surface area contributed by atoms with Gasteiger partial charge in [-0.15, -0.1) is 10.2 Å². The summed E-state index contributed by atoms with van der Waals surface area (Å²) in [4.78, 5) is 12.3. The number of hydrogen-bond acceptors (Lipinski definition) is 5. The van der Waals surface area contributed by atoms with Crippen molar-refractivity contribution >= 4 is 17.7 Å². The maximum absolute atomic E-state index is 12.3. The summed E-state index contributed by atoms with van der Waals surface area (Å²) in [5, 5.41) is 12.7. The second kappa shape index (κ2) is 11.0. The molecule has 1 atom stereocenters. The third-order valence-electron chi connectivity index (χ3n) is 5.57. The lowest BCUT2D eigenvalue weighted by molar-refractivity contribution is -0.119. The first kappa shape index (κ1) is 23.6. The van der Waals surface area contributed by atoms with E-state index < -0.39 is 0 Å². The number of thioether (sulfide) groups is 1. The first-order valence-corrected chi connectivity index (χ1v) is 12.4. The van der Waals surface area contributed by atoms with Gasteiger partial charge in [0.25, 0.3) is 0 Å². The molecule has 1 saturated carbocycles. The fourth-order valence-electron chi connectivity index (χ4n) is 3.90. The summed E-state index contributed by atoms with van der Waals surface area (Å²) in [5.41, 5.74) is 1.29. The lowest BCUT2D eigenvalue weighted by atomic mass is 10.0. The van der Waals surface area contributed by atoms with E-state index in [0.717, 1.165) is 36.1 Å². The van der Waals surface area contributed by atoms with Gasteiger partial charge >= 0.3 is 0 Å². The highest BCUT2D eigenvalue weighted by Crippen LogP contribution is 2.27. The lowest BCUT2D eigenvalue weighted by Crippen LogP contribution is -2.33. The Labute approximate surface area is 190 Å². The Hall–Kier alpha value is -2.02. The van der Waals surface area contributed by atoms with Crippen LogP contribution in [0.5, 0.6) is 5.75 Å². The maximum atomic E-state index is 12.3. The van der Waals surface area contributed by atoms with E-state index in [-0.39, 0.29) is 12.0 Å². The van der Waals surface area contributed by atoms with Crippen LogP contribution < -0.4 is 10.1 Å². The topological polar surface area (TPSA) is 69.0 Å². The van der Waals surface area contributed by atoms with Crippen LogP contribution in [-0.4, -0.2) is 32.5 Å².